The van der Waals surface area contributed by atoms with E-state index in [2.05, 4.69) is 0 Å². The van der Waals surface area contributed by atoms with Crippen molar-refractivity contribution >= 4 is 22.5 Å². The van der Waals surface area contributed by atoms with Gasteiger partial charge >= 0.3 is 0 Å². The van der Waals surface area contributed by atoms with Gasteiger partial charge in [0, 0.05) is 17.1 Å². The average molecular weight is 449 g/mol. The van der Waals surface area contributed by atoms with E-state index in [-0.39, 0.29) is 5.56 Å². The normalized spacial score (nSPS) is 11.0. The Hall–Kier alpha value is -3.31. The van der Waals surface area contributed by atoms with Crippen molar-refractivity contribution in [2.75, 3.05) is 13.7 Å². The Morgan fingerprint density at radius 1 is 1.00 bits per heavy atom. The van der Waals surface area contributed by atoms with Crippen LogP contribution in [0.15, 0.2) is 71.5 Å². The van der Waals surface area contributed by atoms with Crippen LogP contribution in [0.2, 0.25) is 5.02 Å². The van der Waals surface area contributed by atoms with Crippen molar-refractivity contribution in [3.8, 4) is 22.9 Å². The highest BCUT2D eigenvalue weighted by Gasteiger charge is 2.13. The van der Waals surface area contributed by atoms with Crippen LogP contribution in [-0.4, -0.2) is 23.3 Å². The van der Waals surface area contributed by atoms with E-state index in [1.54, 1.807) is 11.7 Å². The van der Waals surface area contributed by atoms with E-state index < -0.39 is 0 Å². The van der Waals surface area contributed by atoms with Gasteiger partial charge in [-0.25, -0.2) is 4.98 Å². The maximum Gasteiger partial charge on any atom is 0.261 e. The fourth-order valence-electron chi connectivity index (χ4n) is 3.66. The Kier molecular flexibility index (Phi) is 6.76. The highest BCUT2D eigenvalue weighted by Crippen LogP contribution is 2.23. The number of ether oxygens (including phenoxy) is 2. The summed E-state index contributed by atoms with van der Waals surface area (Å²) in [4.78, 5) is 18.1. The molecule has 1 heterocycles. The van der Waals surface area contributed by atoms with Gasteiger partial charge in [-0.15, -0.1) is 0 Å². The molecule has 0 unspecified atom stereocenters. The average Bonchev–Trinajstić information content (AvgIpc) is 2.81. The van der Waals surface area contributed by atoms with Gasteiger partial charge in [-0.2, -0.15) is 0 Å². The number of nitrogens with zero attached hydrogens (tertiary/aromatic N) is 2. The molecule has 0 atom stereocenters. The van der Waals surface area contributed by atoms with Gasteiger partial charge in [-0.1, -0.05) is 23.7 Å². The zero-order valence-electron chi connectivity index (χ0n) is 18.2. The van der Waals surface area contributed by atoms with Crippen molar-refractivity contribution in [3.63, 3.8) is 0 Å². The highest BCUT2D eigenvalue weighted by atomic mass is 35.5. The molecule has 6 heteroatoms. The minimum atomic E-state index is -0.0316. The van der Waals surface area contributed by atoms with Gasteiger partial charge in [0.05, 0.1) is 24.6 Å². The molecule has 32 heavy (non-hydrogen) atoms. The molecular weight excluding hydrogens is 424 g/mol. The lowest BCUT2D eigenvalue weighted by Gasteiger charge is -2.14. The minimum Gasteiger partial charge on any atom is -0.497 e. The third kappa shape index (κ3) is 4.78. The molecule has 0 amide bonds. The standard InChI is InChI=1S/C26H25ClN2O3/c1-18-17-20(27)11-14-24(18)32-16-6-5-15-29-25(19-9-12-21(31-2)13-10-19)28-23-8-4-3-7-22(23)26(29)30/h3-4,7-14,17H,5-6,15-16H2,1-2H3. The molecule has 0 aliphatic carbocycles. The molecule has 0 spiro atoms. The van der Waals surface area contributed by atoms with Gasteiger partial charge in [0.2, 0.25) is 0 Å². The molecule has 4 aromatic rings. The van der Waals surface area contributed by atoms with E-state index in [1.165, 1.54) is 0 Å². The fraction of sp³-hybridized carbons (Fsp3) is 0.231. The Labute approximate surface area is 192 Å². The van der Waals surface area contributed by atoms with Crippen molar-refractivity contribution in [1.82, 2.24) is 9.55 Å². The topological polar surface area (TPSA) is 53.3 Å². The molecule has 4 rings (SSSR count). The summed E-state index contributed by atoms with van der Waals surface area (Å²) >= 11 is 6.01. The third-order valence-electron chi connectivity index (χ3n) is 5.38. The van der Waals surface area contributed by atoms with Crippen LogP contribution in [0.1, 0.15) is 18.4 Å². The highest BCUT2D eigenvalue weighted by molar-refractivity contribution is 6.30. The predicted octanol–water partition coefficient (Wildman–Crippen LogP) is 5.89. The SMILES string of the molecule is COc1ccc(-c2nc3ccccc3c(=O)n2CCCCOc2ccc(Cl)cc2C)cc1. The first-order valence-electron chi connectivity index (χ1n) is 10.6. The van der Waals surface area contributed by atoms with E-state index in [4.69, 9.17) is 26.1 Å². The van der Waals surface area contributed by atoms with Crippen molar-refractivity contribution in [1.29, 1.82) is 0 Å². The van der Waals surface area contributed by atoms with Crippen LogP contribution >= 0.6 is 11.6 Å². The summed E-state index contributed by atoms with van der Waals surface area (Å²) in [6.45, 7) is 3.10. The lowest BCUT2D eigenvalue weighted by atomic mass is 10.1. The number of benzene rings is 3. The van der Waals surface area contributed by atoms with E-state index in [0.717, 1.165) is 35.5 Å². The van der Waals surface area contributed by atoms with Gasteiger partial charge in [0.15, 0.2) is 0 Å². The van der Waals surface area contributed by atoms with E-state index in [0.29, 0.717) is 34.9 Å². The van der Waals surface area contributed by atoms with Crippen LogP contribution in [-0.2, 0) is 6.54 Å². The van der Waals surface area contributed by atoms with Crippen molar-refractivity contribution in [2.24, 2.45) is 0 Å². The van der Waals surface area contributed by atoms with E-state index in [9.17, 15) is 4.79 Å². The molecule has 0 saturated heterocycles. The molecule has 0 aliphatic heterocycles. The summed E-state index contributed by atoms with van der Waals surface area (Å²) in [5.74, 6) is 2.25. The molecule has 0 radical (unpaired) electrons. The first kappa shape index (κ1) is 21.9. The zero-order valence-corrected chi connectivity index (χ0v) is 18.9. The molecule has 0 bridgehead atoms. The van der Waals surface area contributed by atoms with Gasteiger partial charge in [-0.05, 0) is 79.9 Å². The van der Waals surface area contributed by atoms with Crippen molar-refractivity contribution in [3.05, 3.63) is 87.7 Å². The van der Waals surface area contributed by atoms with Gasteiger partial charge in [0.1, 0.15) is 17.3 Å². The fourth-order valence-corrected chi connectivity index (χ4v) is 3.89. The van der Waals surface area contributed by atoms with E-state index in [1.807, 2.05) is 73.7 Å². The van der Waals surface area contributed by atoms with Crippen LogP contribution in [0.5, 0.6) is 11.5 Å². The molecule has 1 aromatic heterocycles. The zero-order chi connectivity index (χ0) is 22.5. The molecule has 0 saturated carbocycles. The monoisotopic (exact) mass is 448 g/mol. The second-order valence-electron chi connectivity index (χ2n) is 7.60. The predicted molar refractivity (Wildman–Crippen MR) is 129 cm³/mol. The van der Waals surface area contributed by atoms with E-state index >= 15 is 0 Å². The number of aromatic nitrogens is 2. The second kappa shape index (κ2) is 9.88. The van der Waals surface area contributed by atoms with Gasteiger partial charge in [-0.3, -0.25) is 9.36 Å². The number of methoxy groups -OCH3 is 1. The molecule has 0 N–H and O–H groups in total. The van der Waals surface area contributed by atoms with Crippen LogP contribution < -0.4 is 15.0 Å². The Bertz CT molecular complexity index is 1280. The van der Waals surface area contributed by atoms with Crippen LogP contribution in [0.25, 0.3) is 22.3 Å². The number of unbranched alkanes of at least 4 members (excludes halogenated alkanes) is 1. The Morgan fingerprint density at radius 2 is 1.78 bits per heavy atom. The Balaban J connectivity index is 1.53. The van der Waals surface area contributed by atoms with Crippen LogP contribution in [0.3, 0.4) is 0 Å². The van der Waals surface area contributed by atoms with Gasteiger partial charge in [0.25, 0.3) is 5.56 Å². The summed E-state index contributed by atoms with van der Waals surface area (Å²) in [5.41, 5.74) is 2.55. The van der Waals surface area contributed by atoms with Crippen molar-refractivity contribution in [2.45, 2.75) is 26.3 Å². The smallest absolute Gasteiger partial charge is 0.261 e. The summed E-state index contributed by atoms with van der Waals surface area (Å²) in [6.07, 6.45) is 1.60. The summed E-state index contributed by atoms with van der Waals surface area (Å²) in [7, 11) is 1.63. The molecule has 0 aliphatic rings. The molecule has 5 nitrogen and oxygen atoms in total. The summed E-state index contributed by atoms with van der Waals surface area (Å²) in [6, 6.07) is 20.7. The third-order valence-corrected chi connectivity index (χ3v) is 5.62. The first-order valence-corrected chi connectivity index (χ1v) is 11.0. The number of para-hydroxylation sites is 1. The maximum atomic E-state index is 13.3. The number of rotatable bonds is 8. The summed E-state index contributed by atoms with van der Waals surface area (Å²) < 4.78 is 12.9. The minimum absolute atomic E-state index is 0.0316. The number of fused-ring (bicyclic) bond motifs is 1. The van der Waals surface area contributed by atoms with Crippen LogP contribution in [0, 0.1) is 6.92 Å². The molecule has 0 fully saturated rings. The first-order chi connectivity index (χ1) is 15.6. The van der Waals surface area contributed by atoms with Gasteiger partial charge < -0.3 is 9.47 Å². The molecule has 3 aromatic carbocycles. The quantitative estimate of drug-likeness (QED) is 0.315. The largest absolute Gasteiger partial charge is 0.497 e. The molecule has 164 valence electrons. The number of hydrogen-bond acceptors (Lipinski definition) is 4. The van der Waals surface area contributed by atoms with Crippen LogP contribution in [0.4, 0.5) is 0 Å². The Morgan fingerprint density at radius 3 is 2.53 bits per heavy atom. The van der Waals surface area contributed by atoms with Crippen molar-refractivity contribution < 1.29 is 9.47 Å². The number of aryl methyl sites for hydroxylation is 1. The number of hydrogen-bond donors (Lipinski definition) is 0. The molecular formula is C26H25ClN2O3. The lowest BCUT2D eigenvalue weighted by Crippen LogP contribution is -2.24. The summed E-state index contributed by atoms with van der Waals surface area (Å²) in [5, 5.41) is 1.32. The lowest BCUT2D eigenvalue weighted by molar-refractivity contribution is 0.301. The second-order valence-corrected chi connectivity index (χ2v) is 8.04. The maximum absolute atomic E-state index is 13.3. The number of halogens is 1.